The van der Waals surface area contributed by atoms with E-state index in [0.717, 1.165) is 23.4 Å². The number of piperidine rings is 1. The number of nitrogens with one attached hydrogen (secondary N) is 1. The molecule has 1 aromatic carbocycles. The van der Waals surface area contributed by atoms with Gasteiger partial charge in [-0.3, -0.25) is 5.32 Å². The molecule has 4 rings (SSSR count). The van der Waals surface area contributed by atoms with E-state index in [1.807, 2.05) is 35.7 Å². The van der Waals surface area contributed by atoms with Gasteiger partial charge in [0.15, 0.2) is 0 Å². The first-order chi connectivity index (χ1) is 14.7. The summed E-state index contributed by atoms with van der Waals surface area (Å²) in [5.74, 6) is 0.0336. The van der Waals surface area contributed by atoms with E-state index in [0.29, 0.717) is 24.0 Å². The number of carbonyl (C=O) groups excluding carboxylic acids is 1. The summed E-state index contributed by atoms with van der Waals surface area (Å²) in [4.78, 5) is 22.2. The molecule has 162 valence electrons. The van der Waals surface area contributed by atoms with Crippen molar-refractivity contribution in [2.24, 2.45) is 0 Å². The molecule has 6 nitrogen and oxygen atoms in total. The van der Waals surface area contributed by atoms with E-state index in [1.54, 1.807) is 0 Å². The number of amides is 2. The molecule has 2 amide bonds. The van der Waals surface area contributed by atoms with Crippen LogP contribution in [0.5, 0.6) is 0 Å². The van der Waals surface area contributed by atoms with E-state index in [1.165, 1.54) is 16.2 Å². The number of rotatable bonds is 3. The van der Waals surface area contributed by atoms with Crippen molar-refractivity contribution in [3.05, 3.63) is 64.6 Å². The average molecular weight is 448 g/mol. The zero-order valence-electron chi connectivity index (χ0n) is 16.3. The van der Waals surface area contributed by atoms with Crippen molar-refractivity contribution in [3.8, 4) is 11.3 Å². The van der Waals surface area contributed by atoms with Crippen LogP contribution >= 0.6 is 11.3 Å². The Morgan fingerprint density at radius 3 is 2.45 bits per heavy atom. The first-order valence-electron chi connectivity index (χ1n) is 9.58. The zero-order valence-corrected chi connectivity index (χ0v) is 17.1. The van der Waals surface area contributed by atoms with Crippen LogP contribution in [-0.2, 0) is 11.8 Å². The van der Waals surface area contributed by atoms with Crippen molar-refractivity contribution in [2.45, 2.75) is 24.6 Å². The van der Waals surface area contributed by atoms with Crippen LogP contribution in [-0.4, -0.2) is 39.1 Å². The van der Waals surface area contributed by atoms with Crippen LogP contribution < -0.4 is 5.32 Å². The molecule has 2 aromatic heterocycles. The van der Waals surface area contributed by atoms with E-state index in [-0.39, 0.29) is 18.9 Å². The summed E-state index contributed by atoms with van der Waals surface area (Å²) < 4.78 is 37.9. The summed E-state index contributed by atoms with van der Waals surface area (Å²) in [7, 11) is 0. The van der Waals surface area contributed by atoms with E-state index < -0.39 is 23.4 Å². The number of hydrogen-bond donors (Lipinski definition) is 2. The monoisotopic (exact) mass is 448 g/mol. The standard InChI is InChI=1S/C21H19F3N4O2S/c22-21(23,24)15-6-7-17(25-12-15)27-19(29)28-10-8-20(30,9-11-28)18-26-16(13-31-18)14-4-2-1-3-5-14/h1-7,12-13,30H,8-11H2,(H,25,27,29). The highest BCUT2D eigenvalue weighted by molar-refractivity contribution is 7.10. The topological polar surface area (TPSA) is 78.4 Å². The molecule has 2 N–H and O–H groups in total. The number of thiazole rings is 1. The number of aliphatic hydroxyl groups is 1. The molecule has 0 radical (unpaired) electrons. The van der Waals surface area contributed by atoms with Crippen LogP contribution in [0.3, 0.4) is 0 Å². The summed E-state index contributed by atoms with van der Waals surface area (Å²) in [6.07, 6.45) is -3.19. The van der Waals surface area contributed by atoms with Gasteiger partial charge >= 0.3 is 12.2 Å². The number of pyridine rings is 1. The minimum atomic E-state index is -4.48. The predicted octanol–water partition coefficient (Wildman–Crippen LogP) is 4.74. The molecule has 1 fully saturated rings. The van der Waals surface area contributed by atoms with Gasteiger partial charge in [-0.2, -0.15) is 13.2 Å². The molecule has 0 atom stereocenters. The van der Waals surface area contributed by atoms with Gasteiger partial charge in [0, 0.05) is 43.1 Å². The number of likely N-dealkylation sites (tertiary alicyclic amines) is 1. The molecule has 3 aromatic rings. The lowest BCUT2D eigenvalue weighted by Gasteiger charge is -2.36. The molecule has 1 aliphatic rings. The Bertz CT molecular complexity index is 1050. The summed E-state index contributed by atoms with van der Waals surface area (Å²) in [5.41, 5.74) is -0.245. The van der Waals surface area contributed by atoms with Crippen LogP contribution in [0.4, 0.5) is 23.8 Å². The Hall–Kier alpha value is -2.98. The second-order valence-corrected chi connectivity index (χ2v) is 8.14. The fourth-order valence-electron chi connectivity index (χ4n) is 3.35. The maximum Gasteiger partial charge on any atom is 0.417 e. The molecule has 0 bridgehead atoms. The minimum Gasteiger partial charge on any atom is -0.383 e. The molecule has 0 spiro atoms. The third-order valence-corrected chi connectivity index (χ3v) is 6.21. The van der Waals surface area contributed by atoms with Crippen molar-refractivity contribution in [2.75, 3.05) is 18.4 Å². The van der Waals surface area contributed by atoms with Crippen molar-refractivity contribution in [3.63, 3.8) is 0 Å². The number of alkyl halides is 3. The van der Waals surface area contributed by atoms with Crippen molar-refractivity contribution in [1.29, 1.82) is 0 Å². The quantitative estimate of drug-likeness (QED) is 0.607. The summed E-state index contributed by atoms with van der Waals surface area (Å²) in [5, 5.41) is 16.1. The normalized spacial score (nSPS) is 16.2. The smallest absolute Gasteiger partial charge is 0.383 e. The molecule has 0 aliphatic carbocycles. The minimum absolute atomic E-state index is 0.0336. The molecule has 1 saturated heterocycles. The Morgan fingerprint density at radius 1 is 1.13 bits per heavy atom. The largest absolute Gasteiger partial charge is 0.417 e. The van der Waals surface area contributed by atoms with Crippen molar-refractivity contribution in [1.82, 2.24) is 14.9 Å². The van der Waals surface area contributed by atoms with Gasteiger partial charge in [-0.1, -0.05) is 30.3 Å². The van der Waals surface area contributed by atoms with Gasteiger partial charge in [-0.25, -0.2) is 14.8 Å². The van der Waals surface area contributed by atoms with Gasteiger partial charge < -0.3 is 10.0 Å². The SMILES string of the molecule is O=C(Nc1ccc(C(F)(F)F)cn1)N1CCC(O)(c2nc(-c3ccccc3)cs2)CC1. The molecular weight excluding hydrogens is 429 g/mol. The third-order valence-electron chi connectivity index (χ3n) is 5.18. The molecule has 31 heavy (non-hydrogen) atoms. The number of anilines is 1. The average Bonchev–Trinajstić information content (AvgIpc) is 3.26. The van der Waals surface area contributed by atoms with E-state index in [4.69, 9.17) is 0 Å². The van der Waals surface area contributed by atoms with Crippen LogP contribution in [0.1, 0.15) is 23.4 Å². The lowest BCUT2D eigenvalue weighted by Crippen LogP contribution is -2.46. The van der Waals surface area contributed by atoms with Gasteiger partial charge in [-0.05, 0) is 12.1 Å². The van der Waals surface area contributed by atoms with Crippen molar-refractivity contribution >= 4 is 23.2 Å². The lowest BCUT2D eigenvalue weighted by molar-refractivity contribution is -0.137. The first-order valence-corrected chi connectivity index (χ1v) is 10.5. The van der Waals surface area contributed by atoms with E-state index in [2.05, 4.69) is 15.3 Å². The Morgan fingerprint density at radius 2 is 1.84 bits per heavy atom. The maximum atomic E-state index is 12.6. The van der Waals surface area contributed by atoms with Crippen LogP contribution in [0.2, 0.25) is 0 Å². The number of hydrogen-bond acceptors (Lipinski definition) is 5. The number of urea groups is 1. The summed E-state index contributed by atoms with van der Waals surface area (Å²) >= 11 is 1.38. The Labute approximate surface area is 180 Å². The fourth-order valence-corrected chi connectivity index (χ4v) is 4.33. The van der Waals surface area contributed by atoms with E-state index in [9.17, 15) is 23.1 Å². The van der Waals surface area contributed by atoms with Crippen LogP contribution in [0, 0.1) is 0 Å². The van der Waals surface area contributed by atoms with Crippen LogP contribution in [0.15, 0.2) is 54.0 Å². The number of carbonyl (C=O) groups is 1. The number of halogens is 3. The summed E-state index contributed by atoms with van der Waals surface area (Å²) in [6, 6.07) is 11.2. The second-order valence-electron chi connectivity index (χ2n) is 7.28. The van der Waals surface area contributed by atoms with Gasteiger partial charge in [0.25, 0.3) is 0 Å². The molecule has 10 heteroatoms. The summed E-state index contributed by atoms with van der Waals surface area (Å²) in [6.45, 7) is 0.562. The maximum absolute atomic E-state index is 12.6. The van der Waals surface area contributed by atoms with Crippen molar-refractivity contribution < 1.29 is 23.1 Å². The van der Waals surface area contributed by atoms with Gasteiger partial charge in [0.2, 0.25) is 0 Å². The Kier molecular flexibility index (Phi) is 5.67. The number of benzene rings is 1. The number of aromatic nitrogens is 2. The lowest BCUT2D eigenvalue weighted by atomic mass is 9.92. The highest BCUT2D eigenvalue weighted by Gasteiger charge is 2.38. The molecule has 0 unspecified atom stereocenters. The molecule has 3 heterocycles. The predicted molar refractivity (Wildman–Crippen MR) is 111 cm³/mol. The highest BCUT2D eigenvalue weighted by Crippen LogP contribution is 2.36. The first kappa shape index (κ1) is 21.3. The van der Waals surface area contributed by atoms with Gasteiger partial charge in [0.1, 0.15) is 16.4 Å². The molecular formula is C21H19F3N4O2S. The Balaban J connectivity index is 1.37. The number of nitrogens with zero attached hydrogens (tertiary/aromatic N) is 3. The highest BCUT2D eigenvalue weighted by atomic mass is 32.1. The fraction of sp³-hybridized carbons (Fsp3) is 0.286. The molecule has 1 aliphatic heterocycles. The van der Waals surface area contributed by atoms with E-state index >= 15 is 0 Å². The van der Waals surface area contributed by atoms with Gasteiger partial charge in [0.05, 0.1) is 11.3 Å². The molecule has 0 saturated carbocycles. The second kappa shape index (κ2) is 8.27. The van der Waals surface area contributed by atoms with Gasteiger partial charge in [-0.15, -0.1) is 11.3 Å². The third kappa shape index (κ3) is 4.70. The zero-order chi connectivity index (χ0) is 22.1. The van der Waals surface area contributed by atoms with Crippen LogP contribution in [0.25, 0.3) is 11.3 Å².